The maximum Gasteiger partial charge on any atom is 0.355 e. The molecule has 0 spiro atoms. The minimum atomic E-state index is -4.84. The summed E-state index contributed by atoms with van der Waals surface area (Å²) >= 11 is 0. The molecule has 1 aliphatic rings. The lowest BCUT2D eigenvalue weighted by molar-refractivity contribution is 0.0965. The molecule has 1 aromatic carbocycles. The number of pyridine rings is 2. The van der Waals surface area contributed by atoms with Gasteiger partial charge in [0.1, 0.15) is 11.6 Å². The number of carbonyl (C=O) groups excluding carboxylic acids is 1. The summed E-state index contributed by atoms with van der Waals surface area (Å²) in [6.07, 6.45) is 1.09. The second kappa shape index (κ2) is 8.19. The molecule has 0 radical (unpaired) electrons. The molecule has 12 heteroatoms. The molecule has 1 amide bonds. The molecule has 0 fully saturated rings. The fourth-order valence-electron chi connectivity index (χ4n) is 3.32. The number of sulfonamides is 1. The third-order valence-electron chi connectivity index (χ3n) is 4.73. The van der Waals surface area contributed by atoms with Gasteiger partial charge in [0, 0.05) is 12.1 Å². The van der Waals surface area contributed by atoms with Crippen LogP contribution in [0.2, 0.25) is 0 Å². The minimum absolute atomic E-state index is 0.00663. The van der Waals surface area contributed by atoms with E-state index in [0.717, 1.165) is 18.3 Å². The Hall–Kier alpha value is -3.54. The summed E-state index contributed by atoms with van der Waals surface area (Å²) < 4.78 is 77.8. The molecule has 0 saturated carbocycles. The molecule has 1 aliphatic heterocycles. The third kappa shape index (κ3) is 4.13. The van der Waals surface area contributed by atoms with Crippen molar-refractivity contribution in [2.75, 3.05) is 4.72 Å². The first kappa shape index (κ1) is 21.7. The highest BCUT2D eigenvalue weighted by atomic mass is 32.2. The van der Waals surface area contributed by atoms with Gasteiger partial charge in [-0.05, 0) is 35.9 Å². The smallest absolute Gasteiger partial charge is 0.346 e. The van der Waals surface area contributed by atoms with Crippen LogP contribution in [0.25, 0.3) is 11.3 Å². The number of fused-ring (bicyclic) bond motifs is 1. The van der Waals surface area contributed by atoms with Crippen LogP contribution < -0.4 is 10.0 Å². The zero-order chi connectivity index (χ0) is 23.0. The predicted octanol–water partition coefficient (Wildman–Crippen LogP) is 3.22. The van der Waals surface area contributed by atoms with E-state index in [-0.39, 0.29) is 35.5 Å². The van der Waals surface area contributed by atoms with Crippen LogP contribution in [0.1, 0.15) is 27.3 Å². The first-order valence-corrected chi connectivity index (χ1v) is 10.7. The average Bonchev–Trinajstić information content (AvgIpc) is 3.10. The molecular formula is C20H14F4N4O3S. The summed E-state index contributed by atoms with van der Waals surface area (Å²) in [7, 11) is -4.84. The first-order chi connectivity index (χ1) is 15.2. The van der Waals surface area contributed by atoms with Gasteiger partial charge in [0.05, 0.1) is 40.9 Å². The lowest BCUT2D eigenvalue weighted by Crippen LogP contribution is -2.20. The SMILES string of the molecule is O=C1NCc2nc(-c3c(F)cccc3F)cc(Cc3ccc(NS(=O)(=O)C(F)F)cn3)c21. The van der Waals surface area contributed by atoms with E-state index in [2.05, 4.69) is 15.3 Å². The van der Waals surface area contributed by atoms with Gasteiger partial charge < -0.3 is 5.32 Å². The van der Waals surface area contributed by atoms with E-state index in [4.69, 9.17) is 0 Å². The molecule has 3 heterocycles. The molecular weight excluding hydrogens is 452 g/mol. The maximum absolute atomic E-state index is 14.3. The highest BCUT2D eigenvalue weighted by molar-refractivity contribution is 7.93. The predicted molar refractivity (Wildman–Crippen MR) is 106 cm³/mol. The number of alkyl halides is 2. The van der Waals surface area contributed by atoms with E-state index in [1.807, 2.05) is 0 Å². The van der Waals surface area contributed by atoms with Gasteiger partial charge >= 0.3 is 5.76 Å². The van der Waals surface area contributed by atoms with Crippen molar-refractivity contribution in [1.29, 1.82) is 0 Å². The molecule has 0 saturated heterocycles. The van der Waals surface area contributed by atoms with Gasteiger partial charge in [-0.2, -0.15) is 8.78 Å². The topological polar surface area (TPSA) is 101 Å². The second-order valence-electron chi connectivity index (χ2n) is 6.89. The number of amides is 1. The van der Waals surface area contributed by atoms with Crippen LogP contribution in [0, 0.1) is 11.6 Å². The van der Waals surface area contributed by atoms with Crippen LogP contribution in [0.3, 0.4) is 0 Å². The fourth-order valence-corrected chi connectivity index (χ4v) is 3.86. The highest BCUT2D eigenvalue weighted by Gasteiger charge is 2.27. The summed E-state index contributed by atoms with van der Waals surface area (Å²) in [6.45, 7) is 0.0901. The van der Waals surface area contributed by atoms with Crippen LogP contribution >= 0.6 is 0 Å². The van der Waals surface area contributed by atoms with Gasteiger partial charge in [-0.25, -0.2) is 22.2 Å². The third-order valence-corrected chi connectivity index (χ3v) is 5.72. The van der Waals surface area contributed by atoms with E-state index in [1.54, 1.807) is 4.72 Å². The van der Waals surface area contributed by atoms with Gasteiger partial charge in [0.25, 0.3) is 15.9 Å². The number of nitrogens with one attached hydrogen (secondary N) is 2. The summed E-state index contributed by atoms with van der Waals surface area (Å²) in [5.41, 5.74) is 0.851. The normalized spacial score (nSPS) is 13.2. The lowest BCUT2D eigenvalue weighted by atomic mass is 9.98. The van der Waals surface area contributed by atoms with Crippen molar-refractivity contribution < 1.29 is 30.8 Å². The maximum atomic E-state index is 14.3. The van der Waals surface area contributed by atoms with Crippen molar-refractivity contribution in [1.82, 2.24) is 15.3 Å². The molecule has 0 bridgehead atoms. The minimum Gasteiger partial charge on any atom is -0.346 e. The quantitative estimate of drug-likeness (QED) is 0.544. The summed E-state index contributed by atoms with van der Waals surface area (Å²) in [4.78, 5) is 20.5. The van der Waals surface area contributed by atoms with Crippen molar-refractivity contribution in [3.8, 4) is 11.3 Å². The molecule has 0 atom stereocenters. The molecule has 32 heavy (non-hydrogen) atoms. The molecule has 0 aliphatic carbocycles. The van der Waals surface area contributed by atoms with E-state index in [0.29, 0.717) is 17.0 Å². The average molecular weight is 466 g/mol. The lowest BCUT2D eigenvalue weighted by Gasteiger charge is -2.12. The van der Waals surface area contributed by atoms with Gasteiger partial charge in [-0.1, -0.05) is 6.07 Å². The summed E-state index contributed by atoms with van der Waals surface area (Å²) in [5, 5.41) is 2.61. The van der Waals surface area contributed by atoms with Crippen LogP contribution in [0.15, 0.2) is 42.6 Å². The van der Waals surface area contributed by atoms with Crippen LogP contribution in [-0.2, 0) is 23.0 Å². The van der Waals surface area contributed by atoms with E-state index < -0.39 is 33.3 Å². The van der Waals surface area contributed by atoms with Gasteiger partial charge in [-0.3, -0.25) is 14.5 Å². The Labute approximate surface area is 179 Å². The number of hydrogen-bond donors (Lipinski definition) is 2. The Morgan fingerprint density at radius 2 is 1.81 bits per heavy atom. The molecule has 4 rings (SSSR count). The van der Waals surface area contributed by atoms with E-state index >= 15 is 0 Å². The number of carbonyl (C=O) groups is 1. The zero-order valence-electron chi connectivity index (χ0n) is 16.1. The number of benzene rings is 1. The Bertz CT molecular complexity index is 1290. The molecule has 7 nitrogen and oxygen atoms in total. The largest absolute Gasteiger partial charge is 0.355 e. The van der Waals surface area contributed by atoms with E-state index in [1.165, 1.54) is 24.3 Å². The van der Waals surface area contributed by atoms with Gasteiger partial charge in [0.2, 0.25) is 0 Å². The van der Waals surface area contributed by atoms with Gasteiger partial charge in [0.15, 0.2) is 0 Å². The Balaban J connectivity index is 1.70. The van der Waals surface area contributed by atoms with Crippen molar-refractivity contribution in [3.05, 3.63) is 76.7 Å². The van der Waals surface area contributed by atoms with Crippen molar-refractivity contribution in [2.24, 2.45) is 0 Å². The molecule has 0 unspecified atom stereocenters. The molecule has 2 N–H and O–H groups in total. The Kier molecular flexibility index (Phi) is 5.55. The van der Waals surface area contributed by atoms with Crippen molar-refractivity contribution >= 4 is 21.6 Å². The van der Waals surface area contributed by atoms with Crippen LogP contribution in [0.4, 0.5) is 23.2 Å². The monoisotopic (exact) mass is 466 g/mol. The van der Waals surface area contributed by atoms with Crippen molar-refractivity contribution in [2.45, 2.75) is 18.7 Å². The Morgan fingerprint density at radius 3 is 2.44 bits per heavy atom. The number of rotatable bonds is 6. The second-order valence-corrected chi connectivity index (χ2v) is 8.54. The Morgan fingerprint density at radius 1 is 1.09 bits per heavy atom. The van der Waals surface area contributed by atoms with Gasteiger partial charge in [-0.15, -0.1) is 0 Å². The van der Waals surface area contributed by atoms with Crippen LogP contribution in [-0.4, -0.2) is 30.1 Å². The highest BCUT2D eigenvalue weighted by Crippen LogP contribution is 2.30. The zero-order valence-corrected chi connectivity index (χ0v) is 16.9. The number of anilines is 1. The number of hydrogen-bond acceptors (Lipinski definition) is 5. The standard InChI is InChI=1S/C20H14F4N4O3S/c21-13-2-1-3-14(22)18(13)15-7-10(17-16(27-15)9-26-19(17)29)6-11-4-5-12(8-25-11)28-32(30,31)20(23)24/h1-5,7-8,20,28H,6,9H2,(H,26,29). The fraction of sp³-hybridized carbons (Fsp3) is 0.150. The molecule has 2 aromatic heterocycles. The van der Waals surface area contributed by atoms with Crippen LogP contribution in [0.5, 0.6) is 0 Å². The summed E-state index contributed by atoms with van der Waals surface area (Å²) in [5.74, 6) is -5.62. The number of aromatic nitrogens is 2. The number of halogens is 4. The number of nitrogens with zero attached hydrogens (tertiary/aromatic N) is 2. The van der Waals surface area contributed by atoms with Crippen molar-refractivity contribution in [3.63, 3.8) is 0 Å². The van der Waals surface area contributed by atoms with E-state index in [9.17, 15) is 30.8 Å². The summed E-state index contributed by atoms with van der Waals surface area (Å²) in [6, 6.07) is 7.42. The molecule has 3 aromatic rings. The first-order valence-electron chi connectivity index (χ1n) is 9.16. The molecule has 166 valence electrons.